The Morgan fingerprint density at radius 2 is 2.00 bits per heavy atom. The van der Waals surface area contributed by atoms with E-state index in [1.165, 1.54) is 16.4 Å². The van der Waals surface area contributed by atoms with Gasteiger partial charge in [0.1, 0.15) is 0 Å². The first-order valence-electron chi connectivity index (χ1n) is 6.35. The lowest BCUT2D eigenvalue weighted by molar-refractivity contribution is -0.384. The highest BCUT2D eigenvalue weighted by molar-refractivity contribution is 7.89. The summed E-state index contributed by atoms with van der Waals surface area (Å²) in [7, 11) is -3.76. The SMILES string of the molecule is CC1CN(S(=O)(=O)c2ccc([N+](=O)[O-])cc2)CC(CO)O1. The van der Waals surface area contributed by atoms with Crippen LogP contribution >= 0.6 is 0 Å². The Balaban J connectivity index is 2.26. The molecule has 0 aliphatic carbocycles. The lowest BCUT2D eigenvalue weighted by Gasteiger charge is -2.35. The molecule has 1 aromatic carbocycles. The van der Waals surface area contributed by atoms with Crippen LogP contribution in [0.1, 0.15) is 6.92 Å². The quantitative estimate of drug-likeness (QED) is 0.634. The number of hydrogen-bond acceptors (Lipinski definition) is 6. The van der Waals surface area contributed by atoms with Crippen molar-refractivity contribution < 1.29 is 23.2 Å². The topological polar surface area (TPSA) is 110 Å². The normalized spacial score (nSPS) is 23.9. The van der Waals surface area contributed by atoms with Gasteiger partial charge in [0.15, 0.2) is 0 Å². The molecule has 8 nitrogen and oxygen atoms in total. The summed E-state index contributed by atoms with van der Waals surface area (Å²) in [5.74, 6) is 0. The molecular weight excluding hydrogens is 300 g/mol. The third kappa shape index (κ3) is 3.38. The molecule has 0 aromatic heterocycles. The standard InChI is InChI=1S/C12H16N2O6S/c1-9-6-13(7-11(8-15)20-9)21(18,19)12-4-2-10(3-5-12)14(16)17/h2-5,9,11,15H,6-8H2,1H3. The van der Waals surface area contributed by atoms with Gasteiger partial charge in [-0.1, -0.05) is 0 Å². The molecular formula is C12H16N2O6S. The number of hydrogen-bond donors (Lipinski definition) is 1. The molecule has 1 aliphatic heterocycles. The Kier molecular flexibility index (Phi) is 4.57. The summed E-state index contributed by atoms with van der Waals surface area (Å²) in [5, 5.41) is 19.7. The zero-order valence-corrected chi connectivity index (χ0v) is 12.2. The van der Waals surface area contributed by atoms with Crippen molar-refractivity contribution in [2.24, 2.45) is 0 Å². The van der Waals surface area contributed by atoms with E-state index in [9.17, 15) is 18.5 Å². The van der Waals surface area contributed by atoms with Gasteiger partial charge in [-0.15, -0.1) is 0 Å². The molecule has 1 fully saturated rings. The highest BCUT2D eigenvalue weighted by Crippen LogP contribution is 2.23. The molecule has 0 saturated carbocycles. The Morgan fingerprint density at radius 3 is 2.52 bits per heavy atom. The predicted molar refractivity (Wildman–Crippen MR) is 73.3 cm³/mol. The summed E-state index contributed by atoms with van der Waals surface area (Å²) < 4.78 is 31.6. The number of sulfonamides is 1. The van der Waals surface area contributed by atoms with Crippen LogP contribution in [0.4, 0.5) is 5.69 Å². The third-order valence-electron chi connectivity index (χ3n) is 3.18. The largest absolute Gasteiger partial charge is 0.394 e. The van der Waals surface area contributed by atoms with Crippen molar-refractivity contribution in [2.45, 2.75) is 24.0 Å². The molecule has 2 unspecified atom stereocenters. The lowest BCUT2D eigenvalue weighted by Crippen LogP contribution is -2.50. The maximum Gasteiger partial charge on any atom is 0.269 e. The number of benzene rings is 1. The van der Waals surface area contributed by atoms with Crippen molar-refractivity contribution in [1.29, 1.82) is 0 Å². The molecule has 1 saturated heterocycles. The summed E-state index contributed by atoms with van der Waals surface area (Å²) in [6, 6.07) is 4.73. The van der Waals surface area contributed by atoms with Gasteiger partial charge >= 0.3 is 0 Å². The van der Waals surface area contributed by atoms with Gasteiger partial charge in [-0.2, -0.15) is 4.31 Å². The van der Waals surface area contributed by atoms with E-state index in [2.05, 4.69) is 0 Å². The van der Waals surface area contributed by atoms with Gasteiger partial charge in [-0.05, 0) is 19.1 Å². The molecule has 1 aliphatic rings. The second-order valence-corrected chi connectivity index (χ2v) is 6.76. The Morgan fingerprint density at radius 1 is 1.38 bits per heavy atom. The molecule has 1 aromatic rings. The molecule has 2 atom stereocenters. The van der Waals surface area contributed by atoms with Crippen molar-refractivity contribution in [3.63, 3.8) is 0 Å². The molecule has 0 spiro atoms. The predicted octanol–water partition coefficient (Wildman–Crippen LogP) is 0.365. The van der Waals surface area contributed by atoms with Crippen LogP contribution in [0.15, 0.2) is 29.2 Å². The van der Waals surface area contributed by atoms with Crippen LogP contribution < -0.4 is 0 Å². The summed E-state index contributed by atoms with van der Waals surface area (Å²) in [4.78, 5) is 9.99. The van der Waals surface area contributed by atoms with Gasteiger partial charge in [0.25, 0.3) is 5.69 Å². The molecule has 2 rings (SSSR count). The van der Waals surface area contributed by atoms with Crippen LogP contribution in [-0.2, 0) is 14.8 Å². The number of rotatable bonds is 4. The van der Waals surface area contributed by atoms with Crippen LogP contribution in [0.5, 0.6) is 0 Å². The monoisotopic (exact) mass is 316 g/mol. The summed E-state index contributed by atoms with van der Waals surface area (Å²) in [6.45, 7) is 1.69. The first kappa shape index (κ1) is 15.8. The van der Waals surface area contributed by atoms with Crippen molar-refractivity contribution in [1.82, 2.24) is 4.31 Å². The Hall–Kier alpha value is -1.55. The average Bonchev–Trinajstić information content (AvgIpc) is 2.46. The molecule has 0 bridgehead atoms. The minimum atomic E-state index is -3.76. The lowest BCUT2D eigenvalue weighted by atomic mass is 10.2. The first-order valence-corrected chi connectivity index (χ1v) is 7.79. The molecule has 116 valence electrons. The van der Waals surface area contributed by atoms with Gasteiger partial charge in [0.05, 0.1) is 28.6 Å². The molecule has 1 heterocycles. The van der Waals surface area contributed by atoms with Crippen LogP contribution in [-0.4, -0.2) is 54.7 Å². The zero-order valence-electron chi connectivity index (χ0n) is 11.4. The highest BCUT2D eigenvalue weighted by Gasteiger charge is 2.33. The van der Waals surface area contributed by atoms with Gasteiger partial charge in [0, 0.05) is 25.2 Å². The van der Waals surface area contributed by atoms with Gasteiger partial charge in [-0.25, -0.2) is 8.42 Å². The van der Waals surface area contributed by atoms with E-state index in [1.807, 2.05) is 0 Å². The van der Waals surface area contributed by atoms with Crippen molar-refractivity contribution >= 4 is 15.7 Å². The summed E-state index contributed by atoms with van der Waals surface area (Å²) >= 11 is 0. The molecule has 1 N–H and O–H groups in total. The number of nitrogens with zero attached hydrogens (tertiary/aromatic N) is 2. The van der Waals surface area contributed by atoms with Crippen LogP contribution in [0.3, 0.4) is 0 Å². The number of nitro benzene ring substituents is 1. The summed E-state index contributed by atoms with van der Waals surface area (Å²) in [5.41, 5.74) is -0.169. The fourth-order valence-electron chi connectivity index (χ4n) is 2.19. The van der Waals surface area contributed by atoms with Crippen molar-refractivity contribution in [2.75, 3.05) is 19.7 Å². The fraction of sp³-hybridized carbons (Fsp3) is 0.500. The molecule has 9 heteroatoms. The van der Waals surface area contributed by atoms with Gasteiger partial charge < -0.3 is 9.84 Å². The second kappa shape index (κ2) is 6.06. The number of ether oxygens (including phenoxy) is 1. The highest BCUT2D eigenvalue weighted by atomic mass is 32.2. The second-order valence-electron chi connectivity index (χ2n) is 4.82. The number of non-ortho nitro benzene ring substituents is 1. The Bertz CT molecular complexity index is 615. The van der Waals surface area contributed by atoms with Gasteiger partial charge in [0.2, 0.25) is 10.0 Å². The Labute approximate surface area is 122 Å². The zero-order chi connectivity index (χ0) is 15.6. The molecule has 21 heavy (non-hydrogen) atoms. The minimum absolute atomic E-state index is 0.0149. The first-order chi connectivity index (χ1) is 9.84. The maximum atomic E-state index is 12.5. The fourth-order valence-corrected chi connectivity index (χ4v) is 3.74. The number of morpholine rings is 1. The minimum Gasteiger partial charge on any atom is -0.394 e. The molecule has 0 amide bonds. The smallest absolute Gasteiger partial charge is 0.269 e. The van der Waals surface area contributed by atoms with E-state index >= 15 is 0 Å². The number of aliphatic hydroxyl groups excluding tert-OH is 1. The van der Waals surface area contributed by atoms with E-state index in [0.29, 0.717) is 0 Å². The number of aliphatic hydroxyl groups is 1. The average molecular weight is 316 g/mol. The van der Waals surface area contributed by atoms with E-state index in [0.717, 1.165) is 12.1 Å². The van der Waals surface area contributed by atoms with Crippen LogP contribution in [0.2, 0.25) is 0 Å². The maximum absolute atomic E-state index is 12.5. The van der Waals surface area contributed by atoms with Crippen molar-refractivity contribution in [3.8, 4) is 0 Å². The van der Waals surface area contributed by atoms with Crippen molar-refractivity contribution in [3.05, 3.63) is 34.4 Å². The number of nitro groups is 1. The van der Waals surface area contributed by atoms with E-state index in [4.69, 9.17) is 9.84 Å². The summed E-state index contributed by atoms with van der Waals surface area (Å²) in [6.07, 6.45) is -0.898. The molecule has 0 radical (unpaired) electrons. The third-order valence-corrected chi connectivity index (χ3v) is 5.03. The van der Waals surface area contributed by atoms with E-state index in [1.54, 1.807) is 6.92 Å². The van der Waals surface area contributed by atoms with Gasteiger partial charge in [-0.3, -0.25) is 10.1 Å². The van der Waals surface area contributed by atoms with E-state index in [-0.39, 0.29) is 36.4 Å². The van der Waals surface area contributed by atoms with Crippen LogP contribution in [0.25, 0.3) is 0 Å². The van der Waals surface area contributed by atoms with E-state index < -0.39 is 21.1 Å². The van der Waals surface area contributed by atoms with Crippen LogP contribution in [0, 0.1) is 10.1 Å².